The van der Waals surface area contributed by atoms with E-state index >= 15 is 0 Å². The van der Waals surface area contributed by atoms with E-state index in [0.717, 1.165) is 0 Å². The van der Waals surface area contributed by atoms with Crippen LogP contribution in [-0.4, -0.2) is 44.0 Å². The molecule has 0 aromatic carbocycles. The summed E-state index contributed by atoms with van der Waals surface area (Å²) in [6.07, 6.45) is 4.64. The van der Waals surface area contributed by atoms with Gasteiger partial charge in [-0.05, 0) is 35.6 Å². The molecule has 0 spiro atoms. The van der Waals surface area contributed by atoms with Gasteiger partial charge in [-0.15, -0.1) is 23.5 Å². The van der Waals surface area contributed by atoms with Crippen LogP contribution in [0.2, 0.25) is 16.6 Å². The maximum Gasteiger partial charge on any atom is 0.311 e. The Hall–Kier alpha value is -0.143. The van der Waals surface area contributed by atoms with E-state index in [1.54, 1.807) is 23.5 Å². The third-order valence-corrected chi connectivity index (χ3v) is 15.0. The molecule has 0 N–H and O–H groups in total. The Labute approximate surface area is 162 Å². The number of methoxy groups -OCH3 is 1. The second kappa shape index (κ2) is 8.70. The van der Waals surface area contributed by atoms with Crippen molar-refractivity contribution in [1.29, 1.82) is 0 Å². The van der Waals surface area contributed by atoms with Crippen LogP contribution in [0, 0.1) is 11.8 Å². The van der Waals surface area contributed by atoms with Crippen LogP contribution in [0.25, 0.3) is 0 Å². The number of rotatable bonds is 8. The van der Waals surface area contributed by atoms with Crippen molar-refractivity contribution >= 4 is 43.8 Å². The lowest BCUT2D eigenvalue weighted by atomic mass is 9.72. The highest BCUT2D eigenvalue weighted by molar-refractivity contribution is 8.17. The lowest BCUT2D eigenvalue weighted by molar-refractivity contribution is -0.161. The zero-order valence-electron chi connectivity index (χ0n) is 17.0. The predicted octanol–water partition coefficient (Wildman–Crippen LogP) is 4.94. The molecule has 0 aromatic heterocycles. The van der Waals surface area contributed by atoms with Crippen LogP contribution in [0.15, 0.2) is 0 Å². The molecule has 4 nitrogen and oxygen atoms in total. The quantitative estimate of drug-likeness (QED) is 0.323. The summed E-state index contributed by atoms with van der Waals surface area (Å²) in [6.45, 7) is 13.0. The normalized spacial score (nSPS) is 22.9. The number of carbonyl (C=O) groups excluding carboxylic acids is 2. The number of esters is 1. The van der Waals surface area contributed by atoms with Gasteiger partial charge in [-0.2, -0.15) is 0 Å². The molecule has 146 valence electrons. The number of hydrogen-bond donors (Lipinski definition) is 0. The zero-order chi connectivity index (χ0) is 19.6. The van der Waals surface area contributed by atoms with Crippen molar-refractivity contribution in [3.63, 3.8) is 0 Å². The fourth-order valence-electron chi connectivity index (χ4n) is 4.49. The van der Waals surface area contributed by atoms with Gasteiger partial charge < -0.3 is 9.16 Å². The Morgan fingerprint density at radius 2 is 1.40 bits per heavy atom. The minimum absolute atomic E-state index is 0.197. The van der Waals surface area contributed by atoms with E-state index in [1.807, 2.05) is 12.5 Å². The van der Waals surface area contributed by atoms with Crippen molar-refractivity contribution in [2.45, 2.75) is 68.7 Å². The van der Waals surface area contributed by atoms with Crippen LogP contribution in [0.1, 0.15) is 48.0 Å². The van der Waals surface area contributed by atoms with Gasteiger partial charge >= 0.3 is 5.97 Å². The van der Waals surface area contributed by atoms with Crippen LogP contribution in [0.5, 0.6) is 0 Å². The van der Waals surface area contributed by atoms with E-state index in [2.05, 4.69) is 41.5 Å². The maximum absolute atomic E-state index is 13.1. The summed E-state index contributed by atoms with van der Waals surface area (Å²) >= 11 is 3.27. The van der Waals surface area contributed by atoms with Crippen LogP contribution < -0.4 is 0 Å². The van der Waals surface area contributed by atoms with Gasteiger partial charge in [0, 0.05) is 0 Å². The Kier molecular flexibility index (Phi) is 7.97. The molecule has 1 rings (SSSR count). The largest absolute Gasteiger partial charge is 0.518 e. The van der Waals surface area contributed by atoms with Gasteiger partial charge in [0.15, 0.2) is 0 Å². The van der Waals surface area contributed by atoms with E-state index in [1.165, 1.54) is 7.11 Å². The number of hydrogen-bond acceptors (Lipinski definition) is 6. The van der Waals surface area contributed by atoms with Crippen LogP contribution in [-0.2, 0) is 18.8 Å². The van der Waals surface area contributed by atoms with Gasteiger partial charge in [-0.1, -0.05) is 41.5 Å². The van der Waals surface area contributed by atoms with E-state index in [4.69, 9.17) is 9.16 Å². The Balaban J connectivity index is 3.12. The fourth-order valence-corrected chi connectivity index (χ4v) is 12.1. The smallest absolute Gasteiger partial charge is 0.311 e. The number of carbonyl (C=O) groups is 2. The monoisotopic (exact) mass is 406 g/mol. The van der Waals surface area contributed by atoms with Gasteiger partial charge in [-0.25, -0.2) is 0 Å². The Morgan fingerprint density at radius 1 is 0.960 bits per heavy atom. The summed E-state index contributed by atoms with van der Waals surface area (Å²) in [5, 5.41) is 0. The second-order valence-electron chi connectivity index (χ2n) is 7.77. The zero-order valence-corrected chi connectivity index (χ0v) is 19.7. The van der Waals surface area contributed by atoms with E-state index in [-0.39, 0.29) is 16.0 Å². The summed E-state index contributed by atoms with van der Waals surface area (Å²) in [5.74, 6) is -1.33. The third kappa shape index (κ3) is 3.93. The first-order valence-corrected chi connectivity index (χ1v) is 13.5. The van der Waals surface area contributed by atoms with Crippen molar-refractivity contribution in [1.82, 2.24) is 0 Å². The van der Waals surface area contributed by atoms with Gasteiger partial charge in [0.2, 0.25) is 0 Å². The first kappa shape index (κ1) is 22.9. The molecular weight excluding hydrogens is 372 g/mol. The molecule has 0 radical (unpaired) electrons. The molecule has 0 amide bonds. The van der Waals surface area contributed by atoms with Gasteiger partial charge in [0.1, 0.15) is 0 Å². The standard InChI is InChI=1S/C18H34O4S2Si/c1-11(2)25(12(3)4,13(5)6)22-16(19)14-10-18(23-8,24-9)15(14)17(20)21-7/h11-15H,10H2,1-9H3/t14-,15-/m0/s1. The molecule has 0 aliphatic heterocycles. The molecule has 0 heterocycles. The van der Waals surface area contributed by atoms with Crippen molar-refractivity contribution in [2.24, 2.45) is 11.8 Å². The highest BCUT2D eigenvalue weighted by Crippen LogP contribution is 2.59. The summed E-state index contributed by atoms with van der Waals surface area (Å²) in [4.78, 5) is 25.5. The summed E-state index contributed by atoms with van der Waals surface area (Å²) in [7, 11) is -0.900. The van der Waals surface area contributed by atoms with Crippen molar-refractivity contribution < 1.29 is 18.8 Å². The van der Waals surface area contributed by atoms with Crippen LogP contribution >= 0.6 is 23.5 Å². The molecule has 7 heteroatoms. The van der Waals surface area contributed by atoms with E-state index in [9.17, 15) is 9.59 Å². The minimum atomic E-state index is -2.29. The molecule has 1 aliphatic rings. The third-order valence-electron chi connectivity index (χ3n) is 5.81. The SMILES string of the molecule is COC(=O)[C@@H]1[C@@H](C(=O)O[Si](C(C)C)(C(C)C)C(C)C)CC1(SC)SC. The molecule has 0 bridgehead atoms. The van der Waals surface area contributed by atoms with Gasteiger partial charge in [0.05, 0.1) is 23.0 Å². The molecular formula is C18H34O4S2Si. The first-order chi connectivity index (χ1) is 11.5. The molecule has 1 aliphatic carbocycles. The molecule has 0 saturated heterocycles. The van der Waals surface area contributed by atoms with E-state index in [0.29, 0.717) is 23.0 Å². The summed E-state index contributed by atoms with van der Waals surface area (Å²) < 4.78 is 11.0. The molecule has 0 unspecified atom stereocenters. The second-order valence-corrected chi connectivity index (χ2v) is 15.7. The van der Waals surface area contributed by atoms with E-state index < -0.39 is 20.2 Å². The van der Waals surface area contributed by atoms with Crippen molar-refractivity contribution in [3.05, 3.63) is 0 Å². The highest BCUT2D eigenvalue weighted by atomic mass is 32.2. The topological polar surface area (TPSA) is 52.6 Å². The molecule has 25 heavy (non-hydrogen) atoms. The Bertz CT molecular complexity index is 468. The average molecular weight is 407 g/mol. The summed E-state index contributed by atoms with van der Waals surface area (Å²) in [5.41, 5.74) is 0.997. The minimum Gasteiger partial charge on any atom is -0.518 e. The summed E-state index contributed by atoms with van der Waals surface area (Å²) in [6, 6.07) is 0. The van der Waals surface area contributed by atoms with Crippen molar-refractivity contribution in [2.75, 3.05) is 19.6 Å². The average Bonchev–Trinajstić information content (AvgIpc) is 2.51. The fraction of sp³-hybridized carbons (Fsp3) is 0.889. The molecule has 2 atom stereocenters. The molecule has 1 saturated carbocycles. The highest BCUT2D eigenvalue weighted by Gasteiger charge is 2.62. The van der Waals surface area contributed by atoms with Crippen LogP contribution in [0.3, 0.4) is 0 Å². The number of thioether (sulfide) groups is 2. The van der Waals surface area contributed by atoms with Gasteiger partial charge in [0.25, 0.3) is 14.3 Å². The molecule has 1 fully saturated rings. The van der Waals surface area contributed by atoms with Crippen molar-refractivity contribution in [3.8, 4) is 0 Å². The first-order valence-electron chi connectivity index (χ1n) is 8.94. The predicted molar refractivity (Wildman–Crippen MR) is 111 cm³/mol. The Morgan fingerprint density at radius 3 is 1.72 bits per heavy atom. The number of ether oxygens (including phenoxy) is 1. The maximum atomic E-state index is 13.1. The molecule has 0 aromatic rings. The lowest BCUT2D eigenvalue weighted by Crippen LogP contribution is -2.59. The van der Waals surface area contributed by atoms with Crippen LogP contribution in [0.4, 0.5) is 0 Å². The van der Waals surface area contributed by atoms with Gasteiger partial charge in [-0.3, -0.25) is 9.59 Å². The lowest BCUT2D eigenvalue weighted by Gasteiger charge is -2.51.